The van der Waals surface area contributed by atoms with Crippen molar-refractivity contribution in [1.82, 2.24) is 4.98 Å². The van der Waals surface area contributed by atoms with Crippen molar-refractivity contribution in [3.8, 4) is 5.75 Å². The molecule has 2 aromatic rings. The number of carbonyl (C=O) groups is 1. The van der Waals surface area contributed by atoms with Gasteiger partial charge < -0.3 is 20.6 Å². The molecular formula is C12H13N3O5. The summed E-state index contributed by atoms with van der Waals surface area (Å²) < 4.78 is 5.13. The van der Waals surface area contributed by atoms with Crippen LogP contribution in [-0.4, -0.2) is 34.1 Å². The van der Waals surface area contributed by atoms with E-state index in [4.69, 9.17) is 15.6 Å². The van der Waals surface area contributed by atoms with Crippen LogP contribution in [0.25, 0.3) is 10.9 Å². The van der Waals surface area contributed by atoms with Crippen molar-refractivity contribution in [2.24, 2.45) is 5.73 Å². The number of carboxylic acids is 1. The van der Waals surface area contributed by atoms with Crippen LogP contribution in [0.4, 0.5) is 5.69 Å². The third-order valence-electron chi connectivity index (χ3n) is 3.03. The maximum absolute atomic E-state index is 11.1. The van der Waals surface area contributed by atoms with Crippen molar-refractivity contribution >= 4 is 22.6 Å². The first-order chi connectivity index (χ1) is 9.45. The van der Waals surface area contributed by atoms with Crippen LogP contribution in [0.3, 0.4) is 0 Å². The van der Waals surface area contributed by atoms with Crippen LogP contribution in [-0.2, 0) is 11.2 Å². The number of aromatic amines is 1. The topological polar surface area (TPSA) is 131 Å². The number of benzene rings is 1. The maximum atomic E-state index is 11.1. The van der Waals surface area contributed by atoms with Crippen LogP contribution in [0.1, 0.15) is 5.56 Å². The first-order valence-corrected chi connectivity index (χ1v) is 5.75. The number of aliphatic carboxylic acids is 1. The number of aromatic nitrogens is 1. The van der Waals surface area contributed by atoms with E-state index in [1.807, 2.05) is 0 Å². The molecule has 0 saturated carbocycles. The summed E-state index contributed by atoms with van der Waals surface area (Å²) in [5.74, 6) is -0.717. The number of nitrogens with one attached hydrogen (secondary N) is 1. The van der Waals surface area contributed by atoms with Crippen molar-refractivity contribution in [3.63, 3.8) is 0 Å². The van der Waals surface area contributed by atoms with Gasteiger partial charge in [0.1, 0.15) is 11.8 Å². The standard InChI is InChI=1S/C12H13N3O5/c1-20-9-3-2-8(15(18)19)10-6(5-14-11(9)10)4-7(13)12(16)17/h2-3,5,7,14H,4,13H2,1H3,(H,16,17)/t7-/m0/s1. The van der Waals surface area contributed by atoms with Gasteiger partial charge in [0, 0.05) is 18.7 Å². The third-order valence-corrected chi connectivity index (χ3v) is 3.03. The van der Waals surface area contributed by atoms with Gasteiger partial charge in [-0.1, -0.05) is 0 Å². The highest BCUT2D eigenvalue weighted by Gasteiger charge is 2.22. The number of methoxy groups -OCH3 is 1. The van der Waals surface area contributed by atoms with Gasteiger partial charge in [0.15, 0.2) is 0 Å². The second-order valence-corrected chi connectivity index (χ2v) is 4.26. The number of rotatable bonds is 5. The van der Waals surface area contributed by atoms with Crippen molar-refractivity contribution in [2.75, 3.05) is 7.11 Å². The van der Waals surface area contributed by atoms with Crippen molar-refractivity contribution in [2.45, 2.75) is 12.5 Å². The number of ether oxygens (including phenoxy) is 1. The van der Waals surface area contributed by atoms with Crippen LogP contribution in [0.2, 0.25) is 0 Å². The Labute approximate surface area is 113 Å². The quantitative estimate of drug-likeness (QED) is 0.553. The van der Waals surface area contributed by atoms with Gasteiger partial charge in [-0.05, 0) is 11.6 Å². The second kappa shape index (κ2) is 5.17. The summed E-state index contributed by atoms with van der Waals surface area (Å²) in [6.45, 7) is 0. The molecule has 0 saturated heterocycles. The Morgan fingerprint density at radius 3 is 2.85 bits per heavy atom. The predicted molar refractivity (Wildman–Crippen MR) is 70.8 cm³/mol. The summed E-state index contributed by atoms with van der Waals surface area (Å²) in [6.07, 6.45) is 1.51. The fourth-order valence-electron chi connectivity index (χ4n) is 2.08. The van der Waals surface area contributed by atoms with Crippen LogP contribution in [0.5, 0.6) is 5.75 Å². The minimum atomic E-state index is -1.16. The number of non-ortho nitro benzene ring substituents is 1. The molecule has 0 unspecified atom stereocenters. The van der Waals surface area contributed by atoms with Gasteiger partial charge >= 0.3 is 5.97 Å². The summed E-state index contributed by atoms with van der Waals surface area (Å²) in [5, 5.41) is 20.3. The molecule has 0 radical (unpaired) electrons. The van der Waals surface area contributed by atoms with E-state index in [0.29, 0.717) is 22.2 Å². The van der Waals surface area contributed by atoms with Gasteiger partial charge in [-0.3, -0.25) is 14.9 Å². The molecule has 0 amide bonds. The summed E-state index contributed by atoms with van der Waals surface area (Å²) in [7, 11) is 1.45. The van der Waals surface area contributed by atoms with Gasteiger partial charge in [0.2, 0.25) is 0 Å². The van der Waals surface area contributed by atoms with E-state index in [0.717, 1.165) is 0 Å². The highest BCUT2D eigenvalue weighted by molar-refractivity contribution is 5.96. The van der Waals surface area contributed by atoms with E-state index >= 15 is 0 Å². The fourth-order valence-corrected chi connectivity index (χ4v) is 2.08. The minimum absolute atomic E-state index is 0.0106. The van der Waals surface area contributed by atoms with Gasteiger partial charge in [0.05, 0.1) is 22.9 Å². The SMILES string of the molecule is COc1ccc([N+](=O)[O-])c2c(C[C@H](N)C(=O)O)c[nH]c12. The van der Waals surface area contributed by atoms with E-state index in [-0.39, 0.29) is 12.1 Å². The highest BCUT2D eigenvalue weighted by atomic mass is 16.6. The van der Waals surface area contributed by atoms with Crippen molar-refractivity contribution < 1.29 is 19.6 Å². The smallest absolute Gasteiger partial charge is 0.320 e. The van der Waals surface area contributed by atoms with E-state index in [1.165, 1.54) is 25.4 Å². The Kier molecular flexibility index (Phi) is 3.57. The Morgan fingerprint density at radius 2 is 2.30 bits per heavy atom. The number of hydrogen-bond donors (Lipinski definition) is 3. The van der Waals surface area contributed by atoms with E-state index < -0.39 is 16.9 Å². The van der Waals surface area contributed by atoms with Crippen molar-refractivity contribution in [1.29, 1.82) is 0 Å². The number of nitrogens with zero attached hydrogens (tertiary/aromatic N) is 1. The van der Waals surface area contributed by atoms with Crippen LogP contribution < -0.4 is 10.5 Å². The van der Waals surface area contributed by atoms with Crippen LogP contribution >= 0.6 is 0 Å². The molecule has 0 aliphatic rings. The second-order valence-electron chi connectivity index (χ2n) is 4.26. The first-order valence-electron chi connectivity index (χ1n) is 5.75. The lowest BCUT2D eigenvalue weighted by Gasteiger charge is -2.06. The number of nitro groups is 1. The average molecular weight is 279 g/mol. The van der Waals surface area contributed by atoms with Gasteiger partial charge in [-0.15, -0.1) is 0 Å². The van der Waals surface area contributed by atoms with Crippen LogP contribution in [0, 0.1) is 10.1 Å². The molecule has 1 atom stereocenters. The summed E-state index contributed by atoms with van der Waals surface area (Å²) >= 11 is 0. The molecule has 1 aromatic carbocycles. The molecule has 8 nitrogen and oxygen atoms in total. The number of hydrogen-bond acceptors (Lipinski definition) is 5. The lowest BCUT2D eigenvalue weighted by atomic mass is 10.0. The van der Waals surface area contributed by atoms with Crippen LogP contribution in [0.15, 0.2) is 18.3 Å². The fraction of sp³-hybridized carbons (Fsp3) is 0.250. The normalized spacial score (nSPS) is 12.3. The van der Waals surface area contributed by atoms with Gasteiger partial charge in [0.25, 0.3) is 5.69 Å². The molecule has 1 aromatic heterocycles. The molecule has 20 heavy (non-hydrogen) atoms. The molecule has 4 N–H and O–H groups in total. The molecule has 0 aliphatic heterocycles. The summed E-state index contributed by atoms with van der Waals surface area (Å²) in [5.41, 5.74) is 6.29. The maximum Gasteiger partial charge on any atom is 0.320 e. The molecule has 106 valence electrons. The number of fused-ring (bicyclic) bond motifs is 1. The molecule has 0 fully saturated rings. The molecule has 0 aliphatic carbocycles. The first kappa shape index (κ1) is 13.8. The zero-order valence-corrected chi connectivity index (χ0v) is 10.6. The molecule has 1 heterocycles. The summed E-state index contributed by atoms with van der Waals surface area (Å²) in [4.78, 5) is 24.2. The minimum Gasteiger partial charge on any atom is -0.495 e. The molecule has 8 heteroatoms. The summed E-state index contributed by atoms with van der Waals surface area (Å²) in [6, 6.07) is 1.68. The van der Waals surface area contributed by atoms with E-state index in [2.05, 4.69) is 4.98 Å². The average Bonchev–Trinajstić information content (AvgIpc) is 2.81. The highest BCUT2D eigenvalue weighted by Crippen LogP contribution is 2.35. The lowest BCUT2D eigenvalue weighted by molar-refractivity contribution is -0.383. The van der Waals surface area contributed by atoms with Gasteiger partial charge in [-0.2, -0.15) is 0 Å². The van der Waals surface area contributed by atoms with Crippen molar-refractivity contribution in [3.05, 3.63) is 34.0 Å². The molecule has 0 spiro atoms. The Hall–Kier alpha value is -2.61. The Morgan fingerprint density at radius 1 is 1.60 bits per heavy atom. The van der Waals surface area contributed by atoms with E-state index in [1.54, 1.807) is 0 Å². The number of H-pyrrole nitrogens is 1. The number of carboxylic acid groups (broad SMARTS) is 1. The monoisotopic (exact) mass is 279 g/mol. The number of nitro benzene ring substituents is 1. The predicted octanol–water partition coefficient (Wildman–Crippen LogP) is 1.04. The Bertz CT molecular complexity index is 679. The number of nitrogens with two attached hydrogens (primary N) is 1. The third kappa shape index (κ3) is 2.28. The molecular weight excluding hydrogens is 266 g/mol. The lowest BCUT2D eigenvalue weighted by Crippen LogP contribution is -2.32. The molecule has 2 rings (SSSR count). The van der Waals surface area contributed by atoms with Gasteiger partial charge in [-0.25, -0.2) is 0 Å². The molecule has 0 bridgehead atoms. The zero-order valence-electron chi connectivity index (χ0n) is 10.6. The largest absolute Gasteiger partial charge is 0.495 e. The Balaban J connectivity index is 2.61. The zero-order chi connectivity index (χ0) is 14.9. The van der Waals surface area contributed by atoms with E-state index in [9.17, 15) is 14.9 Å².